The second kappa shape index (κ2) is 11.4. The Bertz CT molecular complexity index is 3480. The first-order valence-electron chi connectivity index (χ1n) is 20.0. The molecule has 0 radical (unpaired) electrons. The van der Waals surface area contributed by atoms with E-state index in [1.807, 2.05) is 0 Å². The van der Waals surface area contributed by atoms with Crippen molar-refractivity contribution in [2.24, 2.45) is 0 Å². The third kappa shape index (κ3) is 4.02. The number of rotatable bonds is 2. The molecule has 0 fully saturated rings. The zero-order valence-corrected chi connectivity index (χ0v) is 31.1. The Morgan fingerprint density at radius 2 is 0.754 bits per heavy atom. The molecular weight excluding hydrogens is 685 g/mol. The summed E-state index contributed by atoms with van der Waals surface area (Å²) >= 11 is 0. The molecule has 57 heavy (non-hydrogen) atoms. The van der Waals surface area contributed by atoms with Crippen molar-refractivity contribution in [1.82, 2.24) is 0 Å². The molecule has 0 heteroatoms. The van der Waals surface area contributed by atoms with E-state index in [1.54, 1.807) is 0 Å². The van der Waals surface area contributed by atoms with Crippen molar-refractivity contribution in [2.75, 3.05) is 0 Å². The van der Waals surface area contributed by atoms with Crippen molar-refractivity contribution < 1.29 is 0 Å². The van der Waals surface area contributed by atoms with Crippen LogP contribution in [0.5, 0.6) is 0 Å². The fraction of sp³-hybridized carbons (Fsp3) is 0.0175. The standard InChI is InChI=1S/C57H34/c1-2-16-36-34-54-51(31-35(36)15-1)55-47-26-10-9-23-44(47)50-33-38(29-30-48(50)56(55)57(54)52-27-13-11-24-45(52)46-25-12-14-28-53(46)57)40-19-5-6-21-42(40)49-32-37-17-3-4-18-39(37)41-20-7-8-22-43(41)49/h1-34H. The molecular formula is C57H34. The molecule has 11 aromatic rings. The van der Waals surface area contributed by atoms with Crippen LogP contribution in [-0.2, 0) is 5.41 Å². The molecule has 0 N–H and O–H groups in total. The van der Waals surface area contributed by atoms with E-state index in [9.17, 15) is 0 Å². The van der Waals surface area contributed by atoms with Crippen LogP contribution in [0.25, 0.3) is 98.4 Å². The van der Waals surface area contributed by atoms with Gasteiger partial charge in [-0.25, -0.2) is 0 Å². The molecule has 0 saturated carbocycles. The van der Waals surface area contributed by atoms with E-state index in [4.69, 9.17) is 0 Å². The minimum absolute atomic E-state index is 0.465. The molecule has 0 amide bonds. The van der Waals surface area contributed by atoms with Crippen LogP contribution in [0.1, 0.15) is 22.3 Å². The Morgan fingerprint density at radius 3 is 1.47 bits per heavy atom. The number of benzene rings is 11. The summed E-state index contributed by atoms with van der Waals surface area (Å²) in [7, 11) is 0. The topological polar surface area (TPSA) is 0 Å². The lowest BCUT2D eigenvalue weighted by Crippen LogP contribution is -2.26. The number of hydrogen-bond acceptors (Lipinski definition) is 0. The molecule has 0 aliphatic heterocycles. The summed E-state index contributed by atoms with van der Waals surface area (Å²) in [6.07, 6.45) is 0. The molecule has 0 nitrogen and oxygen atoms in total. The maximum absolute atomic E-state index is 2.50. The Hall–Kier alpha value is -7.28. The first-order chi connectivity index (χ1) is 28.3. The lowest BCUT2D eigenvalue weighted by molar-refractivity contribution is 0.803. The molecule has 2 aliphatic carbocycles. The van der Waals surface area contributed by atoms with Gasteiger partial charge in [0.25, 0.3) is 0 Å². The van der Waals surface area contributed by atoms with Crippen molar-refractivity contribution in [1.29, 1.82) is 0 Å². The predicted molar refractivity (Wildman–Crippen MR) is 241 cm³/mol. The fourth-order valence-electron chi connectivity index (χ4n) is 11.0. The molecule has 262 valence electrons. The third-order valence-corrected chi connectivity index (χ3v) is 13.2. The van der Waals surface area contributed by atoms with Crippen LogP contribution >= 0.6 is 0 Å². The van der Waals surface area contributed by atoms with E-state index in [0.29, 0.717) is 0 Å². The average Bonchev–Trinajstić information content (AvgIpc) is 3.75. The van der Waals surface area contributed by atoms with E-state index in [0.717, 1.165) is 0 Å². The first-order valence-corrected chi connectivity index (χ1v) is 20.0. The summed E-state index contributed by atoms with van der Waals surface area (Å²) in [6, 6.07) is 77.7. The average molecular weight is 719 g/mol. The maximum atomic E-state index is 2.50. The molecule has 0 aromatic heterocycles. The molecule has 11 aromatic carbocycles. The van der Waals surface area contributed by atoms with Crippen molar-refractivity contribution in [2.45, 2.75) is 5.41 Å². The van der Waals surface area contributed by atoms with Gasteiger partial charge in [-0.3, -0.25) is 0 Å². The van der Waals surface area contributed by atoms with Gasteiger partial charge in [0, 0.05) is 0 Å². The molecule has 2 aliphatic rings. The van der Waals surface area contributed by atoms with Crippen LogP contribution < -0.4 is 0 Å². The zero-order valence-electron chi connectivity index (χ0n) is 31.1. The summed E-state index contributed by atoms with van der Waals surface area (Å²) in [6.45, 7) is 0. The van der Waals surface area contributed by atoms with Gasteiger partial charge in [-0.15, -0.1) is 0 Å². The Balaban J connectivity index is 1.15. The van der Waals surface area contributed by atoms with Crippen LogP contribution in [0.4, 0.5) is 0 Å². The van der Waals surface area contributed by atoms with Gasteiger partial charge in [0.2, 0.25) is 0 Å². The Kier molecular flexibility index (Phi) is 6.19. The number of hydrogen-bond donors (Lipinski definition) is 0. The second-order valence-corrected chi connectivity index (χ2v) is 15.9. The maximum Gasteiger partial charge on any atom is 0.0731 e. The van der Waals surface area contributed by atoms with E-state index >= 15 is 0 Å². The highest BCUT2D eigenvalue weighted by molar-refractivity contribution is 6.22. The SMILES string of the molecule is c1ccc(-c2cc3ccccc3c3ccccc23)c(-c2ccc3c4c(c5ccccc5c3c2)-c2cc3ccccc3cc2C42c3ccccc3-c3ccccc32)c1. The third-order valence-electron chi connectivity index (χ3n) is 13.2. The summed E-state index contributed by atoms with van der Waals surface area (Å²) in [5.41, 5.74) is 15.4. The van der Waals surface area contributed by atoms with Crippen LogP contribution in [0, 0.1) is 0 Å². The summed E-state index contributed by atoms with van der Waals surface area (Å²) in [4.78, 5) is 0. The van der Waals surface area contributed by atoms with Gasteiger partial charge >= 0.3 is 0 Å². The highest BCUT2D eigenvalue weighted by Gasteiger charge is 2.53. The largest absolute Gasteiger partial charge is 0.0731 e. The Morgan fingerprint density at radius 1 is 0.246 bits per heavy atom. The minimum Gasteiger partial charge on any atom is -0.0619 e. The minimum atomic E-state index is -0.465. The van der Waals surface area contributed by atoms with Gasteiger partial charge in [-0.05, 0) is 145 Å². The van der Waals surface area contributed by atoms with Crippen molar-refractivity contribution in [3.63, 3.8) is 0 Å². The smallest absolute Gasteiger partial charge is 0.0619 e. The lowest BCUT2D eigenvalue weighted by atomic mass is 9.69. The zero-order chi connectivity index (χ0) is 37.2. The normalized spacial score (nSPS) is 13.4. The van der Waals surface area contributed by atoms with Crippen molar-refractivity contribution >= 4 is 53.9 Å². The molecule has 0 atom stereocenters. The van der Waals surface area contributed by atoms with Gasteiger partial charge in [0.05, 0.1) is 5.41 Å². The molecule has 0 saturated heterocycles. The molecule has 0 heterocycles. The van der Waals surface area contributed by atoms with Crippen molar-refractivity contribution in [3.8, 4) is 44.5 Å². The second-order valence-electron chi connectivity index (χ2n) is 15.9. The van der Waals surface area contributed by atoms with Crippen LogP contribution in [0.2, 0.25) is 0 Å². The summed E-state index contributed by atoms with van der Waals surface area (Å²) in [5.74, 6) is 0. The first kappa shape index (κ1) is 31.0. The summed E-state index contributed by atoms with van der Waals surface area (Å²) < 4.78 is 0. The monoisotopic (exact) mass is 718 g/mol. The molecule has 1 spiro atoms. The fourth-order valence-corrected chi connectivity index (χ4v) is 11.0. The van der Waals surface area contributed by atoms with Gasteiger partial charge in [-0.1, -0.05) is 182 Å². The molecule has 0 bridgehead atoms. The number of fused-ring (bicyclic) bond motifs is 19. The van der Waals surface area contributed by atoms with Crippen LogP contribution in [-0.4, -0.2) is 0 Å². The quantitative estimate of drug-likeness (QED) is 0.156. The highest BCUT2D eigenvalue weighted by atomic mass is 14.5. The van der Waals surface area contributed by atoms with Gasteiger partial charge in [0.15, 0.2) is 0 Å². The van der Waals surface area contributed by atoms with Crippen LogP contribution in [0.3, 0.4) is 0 Å². The van der Waals surface area contributed by atoms with Gasteiger partial charge < -0.3 is 0 Å². The molecule has 0 unspecified atom stereocenters. The Labute approximate surface area is 330 Å². The van der Waals surface area contributed by atoms with E-state index in [-0.39, 0.29) is 0 Å². The van der Waals surface area contributed by atoms with Gasteiger partial charge in [-0.2, -0.15) is 0 Å². The van der Waals surface area contributed by atoms with E-state index < -0.39 is 5.41 Å². The van der Waals surface area contributed by atoms with E-state index in [2.05, 4.69) is 206 Å². The summed E-state index contributed by atoms with van der Waals surface area (Å²) in [5, 5.41) is 12.9. The van der Waals surface area contributed by atoms with E-state index in [1.165, 1.54) is 121 Å². The molecule has 13 rings (SSSR count). The van der Waals surface area contributed by atoms with Crippen molar-refractivity contribution in [3.05, 3.63) is 229 Å². The lowest BCUT2D eigenvalue weighted by Gasteiger charge is -2.32. The van der Waals surface area contributed by atoms with Gasteiger partial charge in [0.1, 0.15) is 0 Å². The van der Waals surface area contributed by atoms with Crippen LogP contribution in [0.15, 0.2) is 206 Å². The predicted octanol–water partition coefficient (Wildman–Crippen LogP) is 15.1. The highest BCUT2D eigenvalue weighted by Crippen LogP contribution is 2.66.